The topological polar surface area (TPSA) is 56.3 Å². The van der Waals surface area contributed by atoms with E-state index < -0.39 is 0 Å². The normalized spacial score (nSPS) is 17.1. The molecule has 1 aliphatic rings. The molecule has 0 bridgehead atoms. The van der Waals surface area contributed by atoms with Crippen LogP contribution in [-0.2, 0) is 20.9 Å². The average Bonchev–Trinajstić information content (AvgIpc) is 2.69. The molecule has 0 aliphatic heterocycles. The van der Waals surface area contributed by atoms with Gasteiger partial charge in [0.2, 0.25) is 0 Å². The SMILES string of the molecule is O=C(CCCC1CCCCC1=O)OCc1ccc(-c2cccnc2)cc1. The third kappa shape index (κ3) is 5.25. The van der Waals surface area contributed by atoms with Crippen LogP contribution >= 0.6 is 0 Å². The van der Waals surface area contributed by atoms with Crippen molar-refractivity contribution in [2.75, 3.05) is 0 Å². The molecule has 1 fully saturated rings. The number of pyridine rings is 1. The maximum absolute atomic E-state index is 11.9. The molecule has 0 radical (unpaired) electrons. The van der Waals surface area contributed by atoms with Crippen LogP contribution in [0.15, 0.2) is 48.8 Å². The second-order valence-electron chi connectivity index (χ2n) is 6.90. The number of nitrogens with zero attached hydrogens (tertiary/aromatic N) is 1. The first kappa shape index (κ1) is 18.3. The Morgan fingerprint density at radius 1 is 1.12 bits per heavy atom. The summed E-state index contributed by atoms with van der Waals surface area (Å²) in [6, 6.07) is 11.9. The first-order valence-corrected chi connectivity index (χ1v) is 9.40. The number of benzene rings is 1. The van der Waals surface area contributed by atoms with Crippen LogP contribution in [-0.4, -0.2) is 16.7 Å². The van der Waals surface area contributed by atoms with Gasteiger partial charge in [-0.05, 0) is 48.4 Å². The Hall–Kier alpha value is -2.49. The van der Waals surface area contributed by atoms with Crippen molar-refractivity contribution < 1.29 is 14.3 Å². The second kappa shape index (κ2) is 9.27. The summed E-state index contributed by atoms with van der Waals surface area (Å²) in [6.45, 7) is 0.286. The molecule has 4 heteroatoms. The lowest BCUT2D eigenvalue weighted by Gasteiger charge is -2.19. The van der Waals surface area contributed by atoms with E-state index in [0.717, 1.165) is 48.8 Å². The highest BCUT2D eigenvalue weighted by Gasteiger charge is 2.21. The fourth-order valence-electron chi connectivity index (χ4n) is 3.42. The number of esters is 1. The van der Waals surface area contributed by atoms with E-state index in [1.54, 1.807) is 6.20 Å². The average molecular weight is 351 g/mol. The van der Waals surface area contributed by atoms with Crippen molar-refractivity contribution in [2.45, 2.75) is 51.6 Å². The van der Waals surface area contributed by atoms with Gasteiger partial charge in [0.25, 0.3) is 0 Å². The molecule has 1 aromatic heterocycles. The predicted octanol–water partition coefficient (Wildman–Crippen LogP) is 4.72. The summed E-state index contributed by atoms with van der Waals surface area (Å²) < 4.78 is 5.35. The van der Waals surface area contributed by atoms with Gasteiger partial charge in [0.15, 0.2) is 0 Å². The molecule has 0 saturated heterocycles. The second-order valence-corrected chi connectivity index (χ2v) is 6.90. The van der Waals surface area contributed by atoms with E-state index in [1.807, 2.05) is 42.6 Å². The molecule has 4 nitrogen and oxygen atoms in total. The number of hydrogen-bond acceptors (Lipinski definition) is 4. The number of aromatic nitrogens is 1. The van der Waals surface area contributed by atoms with Gasteiger partial charge in [0, 0.05) is 31.2 Å². The third-order valence-corrected chi connectivity index (χ3v) is 4.96. The van der Waals surface area contributed by atoms with Gasteiger partial charge in [-0.25, -0.2) is 0 Å². The summed E-state index contributed by atoms with van der Waals surface area (Å²) >= 11 is 0. The Kier molecular flexibility index (Phi) is 6.53. The highest BCUT2D eigenvalue weighted by atomic mass is 16.5. The molecule has 2 aromatic rings. The highest BCUT2D eigenvalue weighted by Crippen LogP contribution is 2.25. The van der Waals surface area contributed by atoms with E-state index in [-0.39, 0.29) is 18.5 Å². The molecule has 26 heavy (non-hydrogen) atoms. The van der Waals surface area contributed by atoms with Crippen LogP contribution < -0.4 is 0 Å². The fourth-order valence-corrected chi connectivity index (χ4v) is 3.42. The van der Waals surface area contributed by atoms with Crippen molar-refractivity contribution in [1.82, 2.24) is 4.98 Å². The lowest BCUT2D eigenvalue weighted by Crippen LogP contribution is -2.19. The molecule has 1 aliphatic carbocycles. The lowest BCUT2D eigenvalue weighted by atomic mass is 9.84. The van der Waals surface area contributed by atoms with E-state index in [1.165, 1.54) is 0 Å². The molecule has 1 aromatic carbocycles. The Bertz CT molecular complexity index is 725. The third-order valence-electron chi connectivity index (χ3n) is 4.96. The Morgan fingerprint density at radius 3 is 2.69 bits per heavy atom. The molecule has 1 atom stereocenters. The number of hydrogen-bond donors (Lipinski definition) is 0. The summed E-state index contributed by atoms with van der Waals surface area (Å²) in [5, 5.41) is 0. The lowest BCUT2D eigenvalue weighted by molar-refractivity contribution is -0.145. The van der Waals surface area contributed by atoms with Crippen LogP contribution in [0.1, 0.15) is 50.5 Å². The molecule has 136 valence electrons. The maximum atomic E-state index is 11.9. The quantitative estimate of drug-likeness (QED) is 0.677. The van der Waals surface area contributed by atoms with Gasteiger partial charge in [0.05, 0.1) is 0 Å². The Morgan fingerprint density at radius 2 is 1.96 bits per heavy atom. The summed E-state index contributed by atoms with van der Waals surface area (Å²) in [7, 11) is 0. The monoisotopic (exact) mass is 351 g/mol. The summed E-state index contributed by atoms with van der Waals surface area (Å²) in [5.41, 5.74) is 3.12. The van der Waals surface area contributed by atoms with Gasteiger partial charge in [-0.15, -0.1) is 0 Å². The zero-order valence-electron chi connectivity index (χ0n) is 15.0. The summed E-state index contributed by atoms with van der Waals surface area (Å²) in [6.07, 6.45) is 9.36. The standard InChI is InChI=1S/C22H25NO3/c24-21-8-2-1-5-19(21)6-3-9-22(25)26-16-17-10-12-18(13-11-17)20-7-4-14-23-15-20/h4,7,10-15,19H,1-3,5-6,8-9,16H2. The van der Waals surface area contributed by atoms with Gasteiger partial charge < -0.3 is 4.74 Å². The molecule has 1 saturated carbocycles. The van der Waals surface area contributed by atoms with E-state index >= 15 is 0 Å². The van der Waals surface area contributed by atoms with Crippen molar-refractivity contribution >= 4 is 11.8 Å². The maximum Gasteiger partial charge on any atom is 0.306 e. The first-order chi connectivity index (χ1) is 12.7. The van der Waals surface area contributed by atoms with Crippen LogP contribution in [0.3, 0.4) is 0 Å². The smallest absolute Gasteiger partial charge is 0.306 e. The van der Waals surface area contributed by atoms with Crippen molar-refractivity contribution in [3.05, 3.63) is 54.4 Å². The molecule has 0 spiro atoms. The fraction of sp³-hybridized carbons (Fsp3) is 0.409. The van der Waals surface area contributed by atoms with E-state index in [0.29, 0.717) is 18.6 Å². The van der Waals surface area contributed by atoms with Crippen molar-refractivity contribution in [2.24, 2.45) is 5.92 Å². The molecule has 1 unspecified atom stereocenters. The van der Waals surface area contributed by atoms with Crippen molar-refractivity contribution in [1.29, 1.82) is 0 Å². The number of ketones is 1. The number of carbonyl (C=O) groups excluding carboxylic acids is 2. The van der Waals surface area contributed by atoms with Crippen LogP contribution in [0, 0.1) is 5.92 Å². The zero-order chi connectivity index (χ0) is 18.2. The minimum absolute atomic E-state index is 0.163. The van der Waals surface area contributed by atoms with Gasteiger partial charge in [-0.2, -0.15) is 0 Å². The Balaban J connectivity index is 1.39. The largest absolute Gasteiger partial charge is 0.461 e. The van der Waals surface area contributed by atoms with Gasteiger partial charge in [-0.3, -0.25) is 14.6 Å². The minimum atomic E-state index is -0.190. The number of rotatable bonds is 7. The predicted molar refractivity (Wildman–Crippen MR) is 100 cm³/mol. The first-order valence-electron chi connectivity index (χ1n) is 9.40. The van der Waals surface area contributed by atoms with Crippen LogP contribution in [0.25, 0.3) is 11.1 Å². The molecular formula is C22H25NO3. The van der Waals surface area contributed by atoms with Crippen LogP contribution in [0.4, 0.5) is 0 Å². The molecule has 1 heterocycles. The van der Waals surface area contributed by atoms with E-state index in [9.17, 15) is 9.59 Å². The number of Topliss-reactive ketones (excluding diaryl/α,β-unsaturated/α-hetero) is 1. The summed E-state index contributed by atoms with van der Waals surface area (Å²) in [4.78, 5) is 27.8. The van der Waals surface area contributed by atoms with Crippen LogP contribution in [0.2, 0.25) is 0 Å². The molecule has 3 rings (SSSR count). The van der Waals surface area contributed by atoms with E-state index in [4.69, 9.17) is 4.74 Å². The van der Waals surface area contributed by atoms with E-state index in [2.05, 4.69) is 4.98 Å². The molecule has 0 amide bonds. The molecular weight excluding hydrogens is 326 g/mol. The summed E-state index contributed by atoms with van der Waals surface area (Å²) in [5.74, 6) is 0.347. The minimum Gasteiger partial charge on any atom is -0.461 e. The zero-order valence-corrected chi connectivity index (χ0v) is 15.0. The van der Waals surface area contributed by atoms with Crippen LogP contribution in [0.5, 0.6) is 0 Å². The highest BCUT2D eigenvalue weighted by molar-refractivity contribution is 5.81. The van der Waals surface area contributed by atoms with Crippen molar-refractivity contribution in [3.63, 3.8) is 0 Å². The van der Waals surface area contributed by atoms with Gasteiger partial charge in [0.1, 0.15) is 12.4 Å². The number of ether oxygens (including phenoxy) is 1. The van der Waals surface area contributed by atoms with Crippen molar-refractivity contribution in [3.8, 4) is 11.1 Å². The number of carbonyl (C=O) groups is 2. The van der Waals surface area contributed by atoms with Gasteiger partial charge in [-0.1, -0.05) is 36.8 Å². The molecule has 0 N–H and O–H groups in total. The Labute approximate surface area is 154 Å². The van der Waals surface area contributed by atoms with Gasteiger partial charge >= 0.3 is 5.97 Å².